The molecule has 0 bridgehead atoms. The Morgan fingerprint density at radius 1 is 1.11 bits per heavy atom. The average Bonchev–Trinajstić information content (AvgIpc) is 3.23. The van der Waals surface area contributed by atoms with Crippen molar-refractivity contribution in [3.63, 3.8) is 0 Å². The molecule has 0 saturated heterocycles. The van der Waals surface area contributed by atoms with Crippen molar-refractivity contribution < 1.29 is 28.3 Å². The number of benzene rings is 1. The predicted octanol–water partition coefficient (Wildman–Crippen LogP) is 1.31. The molecule has 2 amide bonds. The average molecular weight is 388 g/mol. The third kappa shape index (κ3) is 6.55. The van der Waals surface area contributed by atoms with Crippen LogP contribution in [0.4, 0.5) is 0 Å². The third-order valence-corrected chi connectivity index (χ3v) is 3.89. The van der Waals surface area contributed by atoms with Crippen LogP contribution < -0.4 is 10.6 Å². The van der Waals surface area contributed by atoms with E-state index in [1.54, 1.807) is 6.07 Å². The third-order valence-electron chi connectivity index (χ3n) is 3.89. The summed E-state index contributed by atoms with van der Waals surface area (Å²) in [6.07, 6.45) is 0.568. The van der Waals surface area contributed by atoms with Gasteiger partial charge < -0.3 is 24.5 Å². The molecule has 1 aromatic heterocycles. The zero-order valence-corrected chi connectivity index (χ0v) is 15.8. The van der Waals surface area contributed by atoms with Crippen molar-refractivity contribution in [1.29, 1.82) is 0 Å². The van der Waals surface area contributed by atoms with Gasteiger partial charge in [0, 0.05) is 20.1 Å². The van der Waals surface area contributed by atoms with Crippen molar-refractivity contribution in [3.8, 4) is 0 Å². The second-order valence-corrected chi connectivity index (χ2v) is 6.06. The van der Waals surface area contributed by atoms with E-state index >= 15 is 0 Å². The van der Waals surface area contributed by atoms with Gasteiger partial charge in [-0.25, -0.2) is 4.79 Å². The molecule has 2 N–H and O–H groups in total. The van der Waals surface area contributed by atoms with Gasteiger partial charge in [-0.2, -0.15) is 0 Å². The Hall–Kier alpha value is -3.13. The largest absolute Gasteiger partial charge is 0.459 e. The van der Waals surface area contributed by atoms with E-state index in [4.69, 9.17) is 13.9 Å². The first kappa shape index (κ1) is 21.2. The Kier molecular flexibility index (Phi) is 8.23. The summed E-state index contributed by atoms with van der Waals surface area (Å²) in [7, 11) is 1.52. The van der Waals surface area contributed by atoms with E-state index in [-0.39, 0.29) is 12.2 Å². The fourth-order valence-corrected chi connectivity index (χ4v) is 2.41. The fraction of sp³-hybridized carbons (Fsp3) is 0.350. The van der Waals surface area contributed by atoms with Gasteiger partial charge in [0.25, 0.3) is 11.8 Å². The first-order chi connectivity index (χ1) is 13.5. The fourth-order valence-electron chi connectivity index (χ4n) is 2.41. The van der Waals surface area contributed by atoms with Crippen molar-refractivity contribution in [2.45, 2.75) is 25.5 Å². The lowest BCUT2D eigenvalue weighted by Gasteiger charge is -2.20. The molecule has 2 atom stereocenters. The summed E-state index contributed by atoms with van der Waals surface area (Å²) < 4.78 is 15.2. The topological polar surface area (TPSA) is 107 Å². The maximum absolute atomic E-state index is 12.6. The number of carbonyl (C=O) groups excluding carboxylic acids is 3. The molecule has 1 aromatic carbocycles. The van der Waals surface area contributed by atoms with Crippen LogP contribution in [-0.2, 0) is 25.5 Å². The Bertz CT molecular complexity index is 760. The van der Waals surface area contributed by atoms with Crippen LogP contribution in [0.15, 0.2) is 53.1 Å². The number of esters is 1. The summed E-state index contributed by atoms with van der Waals surface area (Å²) in [6, 6.07) is 11.3. The van der Waals surface area contributed by atoms with E-state index in [2.05, 4.69) is 10.6 Å². The molecule has 1 heterocycles. The lowest BCUT2D eigenvalue weighted by molar-refractivity contribution is -0.156. The molecular formula is C20H24N2O6. The molecule has 0 saturated carbocycles. The minimum atomic E-state index is -1.01. The molecule has 0 aliphatic heterocycles. The van der Waals surface area contributed by atoms with E-state index in [1.165, 1.54) is 26.4 Å². The van der Waals surface area contributed by atoms with Gasteiger partial charge in [0.15, 0.2) is 11.9 Å². The number of rotatable bonds is 10. The first-order valence-electron chi connectivity index (χ1n) is 8.86. The summed E-state index contributed by atoms with van der Waals surface area (Å²) in [5, 5.41) is 5.20. The van der Waals surface area contributed by atoms with Crippen LogP contribution in [-0.4, -0.2) is 50.2 Å². The summed E-state index contributed by atoms with van der Waals surface area (Å²) >= 11 is 0. The van der Waals surface area contributed by atoms with Crippen molar-refractivity contribution in [1.82, 2.24) is 10.6 Å². The Labute approximate surface area is 163 Å². The van der Waals surface area contributed by atoms with Crippen LogP contribution in [0.3, 0.4) is 0 Å². The highest BCUT2D eigenvalue weighted by molar-refractivity contribution is 5.95. The van der Waals surface area contributed by atoms with Crippen molar-refractivity contribution in [2.75, 3.05) is 20.3 Å². The van der Waals surface area contributed by atoms with Gasteiger partial charge in [0.05, 0.1) is 12.9 Å². The van der Waals surface area contributed by atoms with E-state index in [1.807, 2.05) is 30.3 Å². The predicted molar refractivity (Wildman–Crippen MR) is 101 cm³/mol. The zero-order valence-electron chi connectivity index (χ0n) is 15.8. The monoisotopic (exact) mass is 388 g/mol. The number of nitrogens with one attached hydrogen (secondary N) is 2. The lowest BCUT2D eigenvalue weighted by atomic mass is 10.1. The van der Waals surface area contributed by atoms with Crippen molar-refractivity contribution in [2.24, 2.45) is 0 Å². The minimum Gasteiger partial charge on any atom is -0.459 e. The second kappa shape index (κ2) is 10.9. The molecule has 2 rings (SSSR count). The maximum atomic E-state index is 12.6. The SMILES string of the molecule is COCCNC(=O)[C@@H](C)OC(=O)[C@H](Cc1ccccc1)NC(=O)c1ccco1. The summed E-state index contributed by atoms with van der Waals surface area (Å²) in [5.41, 5.74) is 0.835. The highest BCUT2D eigenvalue weighted by atomic mass is 16.5. The first-order valence-corrected chi connectivity index (χ1v) is 8.86. The van der Waals surface area contributed by atoms with Gasteiger partial charge in [-0.3, -0.25) is 9.59 Å². The van der Waals surface area contributed by atoms with Crippen LogP contribution in [0, 0.1) is 0 Å². The number of furan rings is 1. The Morgan fingerprint density at radius 3 is 2.50 bits per heavy atom. The van der Waals surface area contributed by atoms with E-state index < -0.39 is 29.9 Å². The second-order valence-electron chi connectivity index (χ2n) is 6.06. The van der Waals surface area contributed by atoms with E-state index in [9.17, 15) is 14.4 Å². The zero-order chi connectivity index (χ0) is 20.4. The molecule has 2 aromatic rings. The maximum Gasteiger partial charge on any atom is 0.329 e. The molecule has 150 valence electrons. The standard InChI is InChI=1S/C20H24N2O6/c1-14(18(23)21-10-12-26-2)28-20(25)16(13-15-7-4-3-5-8-15)22-19(24)17-9-6-11-27-17/h3-9,11,14,16H,10,12-13H2,1-2H3,(H,21,23)(H,22,24)/t14-,16+/m1/s1. The molecule has 0 aliphatic rings. The molecular weight excluding hydrogens is 364 g/mol. The highest BCUT2D eigenvalue weighted by Gasteiger charge is 2.27. The van der Waals surface area contributed by atoms with Crippen LogP contribution in [0.25, 0.3) is 0 Å². The van der Waals surface area contributed by atoms with Crippen molar-refractivity contribution >= 4 is 17.8 Å². The van der Waals surface area contributed by atoms with Gasteiger partial charge in [-0.1, -0.05) is 30.3 Å². The molecule has 0 fully saturated rings. The van der Waals surface area contributed by atoms with Crippen LogP contribution >= 0.6 is 0 Å². The molecule has 0 radical (unpaired) electrons. The summed E-state index contributed by atoms with van der Waals surface area (Å²) in [5.74, 6) is -1.62. The Morgan fingerprint density at radius 2 is 1.86 bits per heavy atom. The molecule has 8 nitrogen and oxygen atoms in total. The van der Waals surface area contributed by atoms with Crippen LogP contribution in [0.5, 0.6) is 0 Å². The minimum absolute atomic E-state index is 0.0798. The molecule has 0 unspecified atom stereocenters. The summed E-state index contributed by atoms with van der Waals surface area (Å²) in [6.45, 7) is 2.12. The Balaban J connectivity index is 2.03. The number of carbonyl (C=O) groups is 3. The number of hydrogen-bond acceptors (Lipinski definition) is 6. The highest BCUT2D eigenvalue weighted by Crippen LogP contribution is 2.08. The van der Waals surface area contributed by atoms with Gasteiger partial charge in [-0.15, -0.1) is 0 Å². The van der Waals surface area contributed by atoms with Crippen molar-refractivity contribution in [3.05, 3.63) is 60.1 Å². The van der Waals surface area contributed by atoms with E-state index in [0.717, 1.165) is 5.56 Å². The molecule has 0 spiro atoms. The van der Waals surface area contributed by atoms with Gasteiger partial charge in [0.1, 0.15) is 6.04 Å². The number of hydrogen-bond donors (Lipinski definition) is 2. The van der Waals surface area contributed by atoms with E-state index in [0.29, 0.717) is 13.2 Å². The van der Waals surface area contributed by atoms with Gasteiger partial charge in [0.2, 0.25) is 0 Å². The molecule has 8 heteroatoms. The van der Waals surface area contributed by atoms with Crippen LogP contribution in [0.2, 0.25) is 0 Å². The molecule has 0 aliphatic carbocycles. The normalized spacial score (nSPS) is 12.6. The number of amides is 2. The van der Waals surface area contributed by atoms with Crippen LogP contribution in [0.1, 0.15) is 23.0 Å². The lowest BCUT2D eigenvalue weighted by Crippen LogP contribution is -2.46. The number of methoxy groups -OCH3 is 1. The molecule has 28 heavy (non-hydrogen) atoms. The van der Waals surface area contributed by atoms with Gasteiger partial charge >= 0.3 is 5.97 Å². The number of ether oxygens (including phenoxy) is 2. The quantitative estimate of drug-likeness (QED) is 0.470. The van der Waals surface area contributed by atoms with Gasteiger partial charge in [-0.05, 0) is 24.6 Å². The summed E-state index contributed by atoms with van der Waals surface area (Å²) in [4.78, 5) is 36.9. The smallest absolute Gasteiger partial charge is 0.329 e.